The van der Waals surface area contributed by atoms with Gasteiger partial charge in [0.1, 0.15) is 0 Å². The first-order valence-electron chi connectivity index (χ1n) is 7.27. The van der Waals surface area contributed by atoms with Crippen LogP contribution in [0, 0.1) is 0 Å². The van der Waals surface area contributed by atoms with Gasteiger partial charge in [-0.05, 0) is 31.7 Å². The average molecular weight is 274 g/mol. The summed E-state index contributed by atoms with van der Waals surface area (Å²) in [6.07, 6.45) is 3.63. The van der Waals surface area contributed by atoms with E-state index in [1.807, 2.05) is 35.2 Å². The third-order valence-corrected chi connectivity index (χ3v) is 3.77. The van der Waals surface area contributed by atoms with E-state index in [1.54, 1.807) is 0 Å². The molecule has 108 valence electrons. The predicted molar refractivity (Wildman–Crippen MR) is 78.2 cm³/mol. The summed E-state index contributed by atoms with van der Waals surface area (Å²) in [5.41, 5.74) is 0.962. The smallest absolute Gasteiger partial charge is 0.242 e. The lowest BCUT2D eigenvalue weighted by Crippen LogP contribution is -2.47. The molecule has 1 saturated heterocycles. The number of hydrogen-bond acceptors (Lipinski definition) is 2. The second kappa shape index (κ2) is 7.08. The molecule has 0 aromatic heterocycles. The van der Waals surface area contributed by atoms with Crippen LogP contribution in [0.25, 0.3) is 0 Å². The number of hydrogen-bond donors (Lipinski definition) is 1. The van der Waals surface area contributed by atoms with Crippen LogP contribution in [-0.2, 0) is 16.0 Å². The van der Waals surface area contributed by atoms with Gasteiger partial charge in [0.25, 0.3) is 0 Å². The van der Waals surface area contributed by atoms with Crippen molar-refractivity contribution < 1.29 is 9.59 Å². The van der Waals surface area contributed by atoms with E-state index in [0.29, 0.717) is 12.5 Å². The Morgan fingerprint density at radius 2 is 2.00 bits per heavy atom. The van der Waals surface area contributed by atoms with Gasteiger partial charge in [0.15, 0.2) is 0 Å². The van der Waals surface area contributed by atoms with Crippen LogP contribution in [0.1, 0.15) is 31.7 Å². The molecule has 4 nitrogen and oxygen atoms in total. The second-order valence-electron chi connectivity index (χ2n) is 5.37. The average Bonchev–Trinajstić information content (AvgIpc) is 2.46. The molecule has 0 radical (unpaired) electrons. The molecule has 0 bridgehead atoms. The molecule has 1 aromatic rings. The van der Waals surface area contributed by atoms with E-state index in [4.69, 9.17) is 0 Å². The van der Waals surface area contributed by atoms with Crippen molar-refractivity contribution in [3.05, 3.63) is 35.9 Å². The van der Waals surface area contributed by atoms with Gasteiger partial charge in [-0.2, -0.15) is 0 Å². The fraction of sp³-hybridized carbons (Fsp3) is 0.500. The summed E-state index contributed by atoms with van der Waals surface area (Å²) in [5.74, 6) is -0.0761. The fourth-order valence-electron chi connectivity index (χ4n) is 2.59. The summed E-state index contributed by atoms with van der Waals surface area (Å²) >= 11 is 0. The van der Waals surface area contributed by atoms with E-state index < -0.39 is 0 Å². The topological polar surface area (TPSA) is 49.4 Å². The van der Waals surface area contributed by atoms with Crippen molar-refractivity contribution in [2.45, 2.75) is 38.6 Å². The van der Waals surface area contributed by atoms with Crippen molar-refractivity contribution in [2.24, 2.45) is 0 Å². The van der Waals surface area contributed by atoms with Crippen molar-refractivity contribution in [1.82, 2.24) is 10.2 Å². The minimum atomic E-state index is -0.103. The monoisotopic (exact) mass is 274 g/mol. The summed E-state index contributed by atoms with van der Waals surface area (Å²) in [7, 11) is 0. The first-order chi connectivity index (χ1) is 9.66. The standard InChI is InChI=1S/C16H22N2O2/c1-13-7-5-6-10-18(13)16(20)12-17-15(19)11-14-8-3-2-4-9-14/h2-4,8-9,13H,5-7,10-12H2,1H3,(H,17,19)/t13-/m0/s1. The summed E-state index contributed by atoms with van der Waals surface area (Å²) in [6.45, 7) is 2.99. The second-order valence-corrected chi connectivity index (χ2v) is 5.37. The Bertz CT molecular complexity index is 459. The summed E-state index contributed by atoms with van der Waals surface area (Å²) < 4.78 is 0. The van der Waals surface area contributed by atoms with Gasteiger partial charge < -0.3 is 10.2 Å². The number of likely N-dealkylation sites (tertiary alicyclic amines) is 1. The zero-order valence-electron chi connectivity index (χ0n) is 12.0. The quantitative estimate of drug-likeness (QED) is 0.909. The zero-order chi connectivity index (χ0) is 14.4. The highest BCUT2D eigenvalue weighted by Gasteiger charge is 2.22. The molecule has 1 heterocycles. The maximum Gasteiger partial charge on any atom is 0.242 e. The molecule has 4 heteroatoms. The Morgan fingerprint density at radius 3 is 2.70 bits per heavy atom. The van der Waals surface area contributed by atoms with Crippen molar-refractivity contribution >= 4 is 11.8 Å². The van der Waals surface area contributed by atoms with Gasteiger partial charge in [-0.3, -0.25) is 9.59 Å². The first kappa shape index (κ1) is 14.6. The Kier molecular flexibility index (Phi) is 5.16. The SMILES string of the molecule is C[C@H]1CCCCN1C(=O)CNC(=O)Cc1ccccc1. The van der Waals surface area contributed by atoms with Gasteiger partial charge in [0, 0.05) is 12.6 Å². The normalized spacial score (nSPS) is 18.6. The Balaban J connectivity index is 1.76. The largest absolute Gasteiger partial charge is 0.347 e. The molecule has 20 heavy (non-hydrogen) atoms. The molecular formula is C16H22N2O2. The minimum absolute atomic E-state index is 0.0265. The predicted octanol–water partition coefficient (Wildman–Crippen LogP) is 1.75. The number of rotatable bonds is 4. The number of amides is 2. The lowest BCUT2D eigenvalue weighted by Gasteiger charge is -2.33. The van der Waals surface area contributed by atoms with Gasteiger partial charge >= 0.3 is 0 Å². The van der Waals surface area contributed by atoms with E-state index in [9.17, 15) is 9.59 Å². The molecule has 1 atom stereocenters. The van der Waals surface area contributed by atoms with Crippen LogP contribution in [0.5, 0.6) is 0 Å². The highest BCUT2D eigenvalue weighted by atomic mass is 16.2. The van der Waals surface area contributed by atoms with Crippen molar-refractivity contribution in [3.63, 3.8) is 0 Å². The molecule has 1 aromatic carbocycles. The maximum absolute atomic E-state index is 12.1. The van der Waals surface area contributed by atoms with Crippen LogP contribution in [0.2, 0.25) is 0 Å². The van der Waals surface area contributed by atoms with E-state index in [0.717, 1.165) is 24.9 Å². The number of nitrogens with zero attached hydrogens (tertiary/aromatic N) is 1. The summed E-state index contributed by atoms with van der Waals surface area (Å²) in [4.78, 5) is 25.8. The highest BCUT2D eigenvalue weighted by molar-refractivity contribution is 5.85. The molecule has 1 aliphatic heterocycles. The lowest BCUT2D eigenvalue weighted by molar-refractivity contribution is -0.135. The molecule has 0 aliphatic carbocycles. The van der Waals surface area contributed by atoms with E-state index in [2.05, 4.69) is 12.2 Å². The Morgan fingerprint density at radius 1 is 1.25 bits per heavy atom. The first-order valence-corrected chi connectivity index (χ1v) is 7.27. The van der Waals surface area contributed by atoms with E-state index in [1.165, 1.54) is 6.42 Å². The number of benzene rings is 1. The van der Waals surface area contributed by atoms with Gasteiger partial charge in [-0.1, -0.05) is 30.3 Å². The molecule has 0 unspecified atom stereocenters. The van der Waals surface area contributed by atoms with Crippen LogP contribution in [0.3, 0.4) is 0 Å². The Hall–Kier alpha value is -1.84. The maximum atomic E-state index is 12.1. The summed E-state index contributed by atoms with van der Waals surface area (Å²) in [5, 5.41) is 2.72. The van der Waals surface area contributed by atoms with Crippen molar-refractivity contribution in [3.8, 4) is 0 Å². The molecular weight excluding hydrogens is 252 g/mol. The van der Waals surface area contributed by atoms with Crippen molar-refractivity contribution in [1.29, 1.82) is 0 Å². The fourth-order valence-corrected chi connectivity index (χ4v) is 2.59. The Labute approximate surface area is 120 Å². The third kappa shape index (κ3) is 4.08. The molecule has 0 saturated carbocycles. The number of nitrogens with one attached hydrogen (secondary N) is 1. The third-order valence-electron chi connectivity index (χ3n) is 3.77. The van der Waals surface area contributed by atoms with E-state index >= 15 is 0 Å². The van der Waals surface area contributed by atoms with Crippen LogP contribution in [0.4, 0.5) is 0 Å². The van der Waals surface area contributed by atoms with Crippen LogP contribution in [0.15, 0.2) is 30.3 Å². The molecule has 1 N–H and O–H groups in total. The number of carbonyl (C=O) groups is 2. The summed E-state index contributed by atoms with van der Waals surface area (Å²) in [6, 6.07) is 9.85. The lowest BCUT2D eigenvalue weighted by atomic mass is 10.0. The van der Waals surface area contributed by atoms with Crippen molar-refractivity contribution in [2.75, 3.05) is 13.1 Å². The highest BCUT2D eigenvalue weighted by Crippen LogP contribution is 2.15. The minimum Gasteiger partial charge on any atom is -0.347 e. The van der Waals surface area contributed by atoms with Gasteiger partial charge in [-0.25, -0.2) is 0 Å². The molecule has 0 spiro atoms. The molecule has 1 aliphatic rings. The molecule has 2 amide bonds. The van der Waals surface area contributed by atoms with Gasteiger partial charge in [0.05, 0.1) is 13.0 Å². The van der Waals surface area contributed by atoms with E-state index in [-0.39, 0.29) is 18.4 Å². The zero-order valence-corrected chi connectivity index (χ0v) is 12.0. The molecule has 1 fully saturated rings. The van der Waals surface area contributed by atoms with Crippen LogP contribution >= 0.6 is 0 Å². The van der Waals surface area contributed by atoms with Crippen LogP contribution < -0.4 is 5.32 Å². The number of piperidine rings is 1. The number of carbonyl (C=O) groups excluding carboxylic acids is 2. The van der Waals surface area contributed by atoms with Gasteiger partial charge in [0.2, 0.25) is 11.8 Å². The van der Waals surface area contributed by atoms with Crippen LogP contribution in [-0.4, -0.2) is 35.8 Å². The molecule has 2 rings (SSSR count). The van der Waals surface area contributed by atoms with Gasteiger partial charge in [-0.15, -0.1) is 0 Å².